The van der Waals surface area contributed by atoms with Gasteiger partial charge in [-0.15, -0.1) is 11.3 Å². The van der Waals surface area contributed by atoms with Gasteiger partial charge in [0.15, 0.2) is 0 Å². The molecule has 1 atom stereocenters. The Labute approximate surface area is 148 Å². The molecule has 5 heteroatoms. The monoisotopic (exact) mass is 359 g/mol. The van der Waals surface area contributed by atoms with E-state index in [1.165, 1.54) is 0 Å². The van der Waals surface area contributed by atoms with E-state index in [0.717, 1.165) is 16.0 Å². The Morgan fingerprint density at radius 2 is 1.96 bits per heavy atom. The van der Waals surface area contributed by atoms with Crippen molar-refractivity contribution in [2.75, 3.05) is 0 Å². The molecule has 0 fully saturated rings. The average molecular weight is 360 g/mol. The van der Waals surface area contributed by atoms with Gasteiger partial charge in [-0.05, 0) is 57.6 Å². The van der Waals surface area contributed by atoms with E-state index in [1.54, 1.807) is 28.7 Å². The van der Waals surface area contributed by atoms with Gasteiger partial charge >= 0.3 is 0 Å². The molecule has 2 nitrogen and oxygen atoms in total. The maximum absolute atomic E-state index is 12.3. The van der Waals surface area contributed by atoms with Crippen molar-refractivity contribution in [2.24, 2.45) is 0 Å². The molecular formula is C18H14ClNOS2. The summed E-state index contributed by atoms with van der Waals surface area (Å²) < 4.78 is 0. The maximum Gasteiger partial charge on any atom is 0.244 e. The van der Waals surface area contributed by atoms with Gasteiger partial charge in [0.25, 0.3) is 0 Å². The lowest BCUT2D eigenvalue weighted by molar-refractivity contribution is -0.116. The Balaban J connectivity index is 1.79. The van der Waals surface area contributed by atoms with Gasteiger partial charge in [-0.2, -0.15) is 11.3 Å². The van der Waals surface area contributed by atoms with Crippen LogP contribution in [0.5, 0.6) is 0 Å². The van der Waals surface area contributed by atoms with Gasteiger partial charge in [-0.1, -0.05) is 29.8 Å². The first kappa shape index (κ1) is 16.0. The van der Waals surface area contributed by atoms with Crippen LogP contribution < -0.4 is 5.32 Å². The molecule has 1 aromatic carbocycles. The molecule has 0 spiro atoms. The van der Waals surface area contributed by atoms with Crippen LogP contribution in [0.1, 0.15) is 22.0 Å². The van der Waals surface area contributed by atoms with E-state index in [1.807, 2.05) is 64.7 Å². The van der Waals surface area contributed by atoms with Crippen molar-refractivity contribution < 1.29 is 4.79 Å². The minimum absolute atomic E-state index is 0.121. The van der Waals surface area contributed by atoms with Crippen LogP contribution in [-0.2, 0) is 4.79 Å². The van der Waals surface area contributed by atoms with Gasteiger partial charge in [-0.25, -0.2) is 0 Å². The molecule has 0 saturated heterocycles. The molecule has 0 saturated carbocycles. The number of rotatable bonds is 5. The van der Waals surface area contributed by atoms with Crippen LogP contribution in [0.4, 0.5) is 0 Å². The van der Waals surface area contributed by atoms with Crippen molar-refractivity contribution in [3.63, 3.8) is 0 Å². The highest BCUT2D eigenvalue weighted by molar-refractivity contribution is 7.10. The van der Waals surface area contributed by atoms with E-state index in [4.69, 9.17) is 11.6 Å². The summed E-state index contributed by atoms with van der Waals surface area (Å²) in [7, 11) is 0. The zero-order chi connectivity index (χ0) is 16.1. The molecule has 0 aliphatic heterocycles. The molecule has 0 aliphatic carbocycles. The smallest absolute Gasteiger partial charge is 0.244 e. The summed E-state index contributed by atoms with van der Waals surface area (Å²) >= 11 is 9.18. The molecular weight excluding hydrogens is 346 g/mol. The lowest BCUT2D eigenvalue weighted by Gasteiger charge is -2.17. The molecule has 2 heterocycles. The fraction of sp³-hybridized carbons (Fsp3) is 0.0556. The molecule has 2 aromatic heterocycles. The zero-order valence-electron chi connectivity index (χ0n) is 12.1. The minimum Gasteiger partial charge on any atom is -0.341 e. The number of amides is 1. The number of benzene rings is 1. The number of hydrogen-bond donors (Lipinski definition) is 1. The number of nitrogens with one attached hydrogen (secondary N) is 1. The van der Waals surface area contributed by atoms with Crippen molar-refractivity contribution in [1.29, 1.82) is 0 Å². The van der Waals surface area contributed by atoms with E-state index in [9.17, 15) is 4.79 Å². The molecule has 0 unspecified atom stereocenters. The fourth-order valence-corrected chi connectivity index (χ4v) is 3.72. The first-order valence-electron chi connectivity index (χ1n) is 7.02. The highest BCUT2D eigenvalue weighted by Crippen LogP contribution is 2.27. The number of carbonyl (C=O) groups is 1. The van der Waals surface area contributed by atoms with Crippen molar-refractivity contribution in [3.8, 4) is 0 Å². The molecule has 3 rings (SSSR count). The number of hydrogen-bond acceptors (Lipinski definition) is 3. The molecule has 116 valence electrons. The SMILES string of the molecule is O=C(/C=C/c1ccsc1)N[C@H](c1ccc(Cl)cc1)c1cccs1. The van der Waals surface area contributed by atoms with Crippen LogP contribution in [0.2, 0.25) is 5.02 Å². The largest absolute Gasteiger partial charge is 0.341 e. The van der Waals surface area contributed by atoms with Gasteiger partial charge in [0.05, 0.1) is 6.04 Å². The molecule has 1 amide bonds. The van der Waals surface area contributed by atoms with Gasteiger partial charge in [0.1, 0.15) is 0 Å². The summed E-state index contributed by atoms with van der Waals surface area (Å²) in [5.41, 5.74) is 2.04. The third kappa shape index (κ3) is 4.32. The third-order valence-corrected chi connectivity index (χ3v) is 5.18. The van der Waals surface area contributed by atoms with E-state index in [0.29, 0.717) is 5.02 Å². The van der Waals surface area contributed by atoms with Crippen LogP contribution in [0.25, 0.3) is 6.08 Å². The Kier molecular flexibility index (Phi) is 5.28. The second-order valence-corrected chi connectivity index (χ2v) is 7.09. The Hall–Kier alpha value is -1.88. The predicted molar refractivity (Wildman–Crippen MR) is 99.1 cm³/mol. The molecule has 0 radical (unpaired) electrons. The van der Waals surface area contributed by atoms with E-state index >= 15 is 0 Å². The standard InChI is InChI=1S/C18H14ClNOS2/c19-15-6-4-14(5-7-15)18(16-2-1-10-23-16)20-17(21)8-3-13-9-11-22-12-13/h1-12,18H,(H,20,21)/b8-3+/t18-/m1/s1. The van der Waals surface area contributed by atoms with Crippen molar-refractivity contribution in [3.05, 3.63) is 85.7 Å². The van der Waals surface area contributed by atoms with Gasteiger partial charge in [-0.3, -0.25) is 4.79 Å². The first-order valence-corrected chi connectivity index (χ1v) is 9.22. The zero-order valence-corrected chi connectivity index (χ0v) is 14.5. The second kappa shape index (κ2) is 7.59. The van der Waals surface area contributed by atoms with Gasteiger partial charge in [0, 0.05) is 16.0 Å². The van der Waals surface area contributed by atoms with Gasteiger partial charge in [0.2, 0.25) is 5.91 Å². The highest BCUT2D eigenvalue weighted by atomic mass is 35.5. The molecule has 0 bridgehead atoms. The molecule has 0 aliphatic rings. The Bertz CT molecular complexity index is 777. The third-order valence-electron chi connectivity index (χ3n) is 3.29. The summed E-state index contributed by atoms with van der Waals surface area (Å²) in [4.78, 5) is 13.4. The lowest BCUT2D eigenvalue weighted by atomic mass is 10.1. The van der Waals surface area contributed by atoms with Crippen molar-refractivity contribution in [1.82, 2.24) is 5.32 Å². The fourth-order valence-electron chi connectivity index (χ4n) is 2.16. The highest BCUT2D eigenvalue weighted by Gasteiger charge is 2.16. The summed E-state index contributed by atoms with van der Waals surface area (Å²) in [5.74, 6) is -0.121. The quantitative estimate of drug-likeness (QED) is 0.608. The van der Waals surface area contributed by atoms with Crippen LogP contribution in [0.15, 0.2) is 64.7 Å². The van der Waals surface area contributed by atoms with Crippen molar-refractivity contribution in [2.45, 2.75) is 6.04 Å². The lowest BCUT2D eigenvalue weighted by Crippen LogP contribution is -2.27. The summed E-state index contributed by atoms with van der Waals surface area (Å²) in [6, 6.07) is 13.4. The normalized spacial score (nSPS) is 12.4. The molecule has 1 N–H and O–H groups in total. The van der Waals surface area contributed by atoms with Crippen LogP contribution in [0, 0.1) is 0 Å². The maximum atomic E-state index is 12.3. The Morgan fingerprint density at radius 1 is 1.13 bits per heavy atom. The average Bonchev–Trinajstić information content (AvgIpc) is 3.25. The first-order chi connectivity index (χ1) is 11.2. The number of carbonyl (C=O) groups excluding carboxylic acids is 1. The number of halogens is 1. The minimum atomic E-state index is -0.174. The van der Waals surface area contributed by atoms with Crippen LogP contribution in [-0.4, -0.2) is 5.91 Å². The number of thiophene rings is 2. The van der Waals surface area contributed by atoms with Crippen LogP contribution in [0.3, 0.4) is 0 Å². The van der Waals surface area contributed by atoms with Crippen LogP contribution >= 0.6 is 34.3 Å². The van der Waals surface area contributed by atoms with Gasteiger partial charge < -0.3 is 5.32 Å². The molecule has 3 aromatic rings. The van der Waals surface area contributed by atoms with Crippen molar-refractivity contribution >= 4 is 46.3 Å². The topological polar surface area (TPSA) is 29.1 Å². The van der Waals surface area contributed by atoms with E-state index < -0.39 is 0 Å². The molecule has 23 heavy (non-hydrogen) atoms. The van der Waals surface area contributed by atoms with E-state index in [2.05, 4.69) is 5.32 Å². The Morgan fingerprint density at radius 3 is 2.61 bits per heavy atom. The summed E-state index contributed by atoms with van der Waals surface area (Å²) in [6.45, 7) is 0. The summed E-state index contributed by atoms with van der Waals surface area (Å²) in [6.07, 6.45) is 3.39. The summed E-state index contributed by atoms with van der Waals surface area (Å²) in [5, 5.41) is 9.74. The second-order valence-electron chi connectivity index (χ2n) is 4.90. The predicted octanol–water partition coefficient (Wildman–Crippen LogP) is 5.38. The van der Waals surface area contributed by atoms with E-state index in [-0.39, 0.29) is 11.9 Å².